The number of carbonyl (C=O) groups excluding carboxylic acids is 1. The van der Waals surface area contributed by atoms with Gasteiger partial charge in [0, 0.05) is 26.1 Å². The van der Waals surface area contributed by atoms with Crippen molar-refractivity contribution >= 4 is 15.9 Å². The number of ether oxygens (including phenoxy) is 2. The highest BCUT2D eigenvalue weighted by molar-refractivity contribution is 7.89. The topological polar surface area (TPSA) is 84.9 Å². The SMILES string of the molecule is CCOc1ccc(S(=O)(=O)NCCC(=O)N2CCOC(CCc3ccccc3)C2)cc1. The van der Waals surface area contributed by atoms with E-state index in [2.05, 4.69) is 16.9 Å². The molecule has 3 rings (SSSR count). The fourth-order valence-electron chi connectivity index (χ4n) is 3.51. The zero-order chi connectivity index (χ0) is 22.1. The number of nitrogens with zero attached hydrogens (tertiary/aromatic N) is 1. The van der Waals surface area contributed by atoms with Crippen LogP contribution in [0.4, 0.5) is 0 Å². The van der Waals surface area contributed by atoms with Crippen molar-refractivity contribution in [3.63, 3.8) is 0 Å². The molecule has 2 aromatic carbocycles. The smallest absolute Gasteiger partial charge is 0.240 e. The van der Waals surface area contributed by atoms with E-state index in [1.165, 1.54) is 17.7 Å². The standard InChI is InChI=1S/C23H30N2O5S/c1-2-29-20-10-12-22(13-11-20)31(27,28)24-15-14-23(26)25-16-17-30-21(18-25)9-8-19-6-4-3-5-7-19/h3-7,10-13,21,24H,2,8-9,14-18H2,1H3. The van der Waals surface area contributed by atoms with E-state index in [4.69, 9.17) is 9.47 Å². The zero-order valence-electron chi connectivity index (χ0n) is 17.8. The molecule has 1 unspecified atom stereocenters. The van der Waals surface area contributed by atoms with Gasteiger partial charge in [-0.3, -0.25) is 4.79 Å². The van der Waals surface area contributed by atoms with Gasteiger partial charge in [0.15, 0.2) is 0 Å². The van der Waals surface area contributed by atoms with E-state index in [0.29, 0.717) is 32.1 Å². The van der Waals surface area contributed by atoms with Crippen molar-refractivity contribution in [2.75, 3.05) is 32.8 Å². The van der Waals surface area contributed by atoms with Gasteiger partial charge in [0.25, 0.3) is 0 Å². The van der Waals surface area contributed by atoms with Crippen LogP contribution in [0.1, 0.15) is 25.3 Å². The third-order valence-electron chi connectivity index (χ3n) is 5.17. The average molecular weight is 447 g/mol. The van der Waals surface area contributed by atoms with Crippen molar-refractivity contribution in [2.24, 2.45) is 0 Å². The number of aryl methyl sites for hydroxylation is 1. The predicted octanol–water partition coefficient (Wildman–Crippen LogP) is 2.61. The number of nitrogens with one attached hydrogen (secondary N) is 1. The van der Waals surface area contributed by atoms with Crippen LogP contribution in [0.5, 0.6) is 5.75 Å². The molecule has 0 spiro atoms. The zero-order valence-corrected chi connectivity index (χ0v) is 18.6. The van der Waals surface area contributed by atoms with Gasteiger partial charge in [-0.05, 0) is 49.6 Å². The van der Waals surface area contributed by atoms with E-state index in [1.54, 1.807) is 17.0 Å². The molecule has 1 heterocycles. The maximum Gasteiger partial charge on any atom is 0.240 e. The first kappa shape index (κ1) is 23.2. The van der Waals surface area contributed by atoms with E-state index < -0.39 is 10.0 Å². The third kappa shape index (κ3) is 7.05. The van der Waals surface area contributed by atoms with E-state index >= 15 is 0 Å². The summed E-state index contributed by atoms with van der Waals surface area (Å²) >= 11 is 0. The molecule has 0 radical (unpaired) electrons. The molecule has 0 aliphatic carbocycles. The molecule has 1 amide bonds. The molecular weight excluding hydrogens is 416 g/mol. The minimum atomic E-state index is -3.67. The molecule has 7 nitrogen and oxygen atoms in total. The maximum atomic E-state index is 12.6. The Hall–Kier alpha value is -2.42. The van der Waals surface area contributed by atoms with Crippen LogP contribution in [-0.2, 0) is 26.0 Å². The fraction of sp³-hybridized carbons (Fsp3) is 0.435. The van der Waals surface area contributed by atoms with Gasteiger partial charge in [0.2, 0.25) is 15.9 Å². The minimum Gasteiger partial charge on any atom is -0.494 e. The second kappa shape index (κ2) is 11.3. The summed E-state index contributed by atoms with van der Waals surface area (Å²) < 4.78 is 38.5. The first-order valence-corrected chi connectivity index (χ1v) is 12.1. The second-order valence-corrected chi connectivity index (χ2v) is 9.18. The lowest BCUT2D eigenvalue weighted by Gasteiger charge is -2.33. The summed E-state index contributed by atoms with van der Waals surface area (Å²) in [6.45, 7) is 4.01. The summed E-state index contributed by atoms with van der Waals surface area (Å²) in [5, 5.41) is 0. The lowest BCUT2D eigenvalue weighted by molar-refractivity contribution is -0.138. The molecule has 0 saturated carbocycles. The molecule has 8 heteroatoms. The van der Waals surface area contributed by atoms with Crippen LogP contribution in [0.2, 0.25) is 0 Å². The van der Waals surface area contributed by atoms with Crippen LogP contribution in [0, 0.1) is 0 Å². The van der Waals surface area contributed by atoms with Crippen LogP contribution in [0.3, 0.4) is 0 Å². The van der Waals surface area contributed by atoms with Crippen LogP contribution >= 0.6 is 0 Å². The van der Waals surface area contributed by atoms with E-state index in [1.807, 2.05) is 25.1 Å². The van der Waals surface area contributed by atoms with Crippen molar-refractivity contribution in [3.05, 3.63) is 60.2 Å². The Labute approximate surface area is 184 Å². The van der Waals surface area contributed by atoms with Crippen molar-refractivity contribution in [1.29, 1.82) is 0 Å². The quantitative estimate of drug-likeness (QED) is 0.606. The number of sulfonamides is 1. The van der Waals surface area contributed by atoms with E-state index in [9.17, 15) is 13.2 Å². The number of carbonyl (C=O) groups is 1. The van der Waals surface area contributed by atoms with Crippen LogP contribution < -0.4 is 9.46 Å². The van der Waals surface area contributed by atoms with Crippen LogP contribution in [-0.4, -0.2) is 58.2 Å². The summed E-state index contributed by atoms with van der Waals surface area (Å²) in [6.07, 6.45) is 1.85. The highest BCUT2D eigenvalue weighted by atomic mass is 32.2. The van der Waals surface area contributed by atoms with Gasteiger partial charge in [0.05, 0.1) is 24.2 Å². The van der Waals surface area contributed by atoms with E-state index in [-0.39, 0.29) is 29.9 Å². The van der Waals surface area contributed by atoms with Gasteiger partial charge < -0.3 is 14.4 Å². The van der Waals surface area contributed by atoms with Crippen LogP contribution in [0.25, 0.3) is 0 Å². The Balaban J connectivity index is 1.44. The molecule has 0 bridgehead atoms. The molecule has 1 saturated heterocycles. The highest BCUT2D eigenvalue weighted by Crippen LogP contribution is 2.16. The lowest BCUT2D eigenvalue weighted by atomic mass is 10.1. The monoisotopic (exact) mass is 446 g/mol. The average Bonchev–Trinajstić information content (AvgIpc) is 2.79. The van der Waals surface area contributed by atoms with Gasteiger partial charge in [-0.25, -0.2) is 13.1 Å². The Kier molecular flexibility index (Phi) is 8.45. The van der Waals surface area contributed by atoms with Gasteiger partial charge in [-0.1, -0.05) is 30.3 Å². The predicted molar refractivity (Wildman–Crippen MR) is 118 cm³/mol. The summed E-state index contributed by atoms with van der Waals surface area (Å²) in [4.78, 5) is 14.5. The number of morpholine rings is 1. The second-order valence-electron chi connectivity index (χ2n) is 7.41. The number of rotatable bonds is 10. The van der Waals surface area contributed by atoms with E-state index in [0.717, 1.165) is 12.8 Å². The van der Waals surface area contributed by atoms with Gasteiger partial charge in [0.1, 0.15) is 5.75 Å². The number of hydrogen-bond donors (Lipinski definition) is 1. The van der Waals surface area contributed by atoms with Gasteiger partial charge >= 0.3 is 0 Å². The summed E-state index contributed by atoms with van der Waals surface area (Å²) in [7, 11) is -3.67. The van der Waals surface area contributed by atoms with Gasteiger partial charge in [-0.15, -0.1) is 0 Å². The highest BCUT2D eigenvalue weighted by Gasteiger charge is 2.24. The number of hydrogen-bond acceptors (Lipinski definition) is 5. The van der Waals surface area contributed by atoms with Crippen molar-refractivity contribution in [3.8, 4) is 5.75 Å². The fourth-order valence-corrected chi connectivity index (χ4v) is 4.54. The Bertz CT molecular complexity index is 932. The lowest BCUT2D eigenvalue weighted by Crippen LogP contribution is -2.46. The number of benzene rings is 2. The number of amides is 1. The molecule has 168 valence electrons. The summed E-state index contributed by atoms with van der Waals surface area (Å²) in [6, 6.07) is 16.4. The molecule has 1 atom stereocenters. The molecule has 1 aliphatic rings. The molecule has 31 heavy (non-hydrogen) atoms. The molecule has 2 aromatic rings. The molecule has 1 fully saturated rings. The Morgan fingerprint density at radius 2 is 1.90 bits per heavy atom. The Morgan fingerprint density at radius 1 is 1.16 bits per heavy atom. The largest absolute Gasteiger partial charge is 0.494 e. The summed E-state index contributed by atoms with van der Waals surface area (Å²) in [5.41, 5.74) is 1.25. The molecule has 1 N–H and O–H groups in total. The van der Waals surface area contributed by atoms with Crippen molar-refractivity contribution in [2.45, 2.75) is 37.2 Å². The van der Waals surface area contributed by atoms with Gasteiger partial charge in [-0.2, -0.15) is 0 Å². The minimum absolute atomic E-state index is 0.00143. The van der Waals surface area contributed by atoms with Crippen molar-refractivity contribution in [1.82, 2.24) is 9.62 Å². The Morgan fingerprint density at radius 3 is 2.61 bits per heavy atom. The molecule has 1 aliphatic heterocycles. The van der Waals surface area contributed by atoms with Crippen molar-refractivity contribution < 1.29 is 22.7 Å². The molecule has 0 aromatic heterocycles. The first-order valence-electron chi connectivity index (χ1n) is 10.6. The maximum absolute atomic E-state index is 12.6. The van der Waals surface area contributed by atoms with Crippen LogP contribution in [0.15, 0.2) is 59.5 Å². The summed E-state index contributed by atoms with van der Waals surface area (Å²) in [5.74, 6) is 0.549. The normalized spacial score (nSPS) is 16.8. The molecular formula is C23H30N2O5S. The third-order valence-corrected chi connectivity index (χ3v) is 6.64. The first-order chi connectivity index (χ1) is 15.0.